The Morgan fingerprint density at radius 1 is 1.22 bits per heavy atom. The molecule has 2 aromatic heterocycles. The molecule has 8 heteroatoms. The second kappa shape index (κ2) is 6.50. The molecule has 4 heterocycles. The van der Waals surface area contributed by atoms with Gasteiger partial charge in [0.15, 0.2) is 6.29 Å². The maximum atomic E-state index is 6.02. The van der Waals surface area contributed by atoms with Gasteiger partial charge < -0.3 is 25.1 Å². The minimum Gasteiger partial charge on any atom is -0.383 e. The van der Waals surface area contributed by atoms with E-state index in [-0.39, 0.29) is 12.3 Å². The first kappa shape index (κ1) is 15.6. The van der Waals surface area contributed by atoms with Crippen molar-refractivity contribution in [1.82, 2.24) is 19.9 Å². The molecule has 0 radical (unpaired) electrons. The Bertz CT molecular complexity index is 692. The van der Waals surface area contributed by atoms with E-state index in [4.69, 9.17) is 15.2 Å². The molecule has 0 atom stereocenters. The van der Waals surface area contributed by atoms with Crippen LogP contribution in [0.2, 0.25) is 0 Å². The van der Waals surface area contributed by atoms with Crippen LogP contribution < -0.4 is 11.1 Å². The molecule has 2 aromatic rings. The van der Waals surface area contributed by atoms with Crippen molar-refractivity contribution in [2.45, 2.75) is 25.2 Å². The van der Waals surface area contributed by atoms with Gasteiger partial charge in [-0.3, -0.25) is 0 Å². The van der Waals surface area contributed by atoms with E-state index in [0.29, 0.717) is 24.9 Å². The third kappa shape index (κ3) is 2.92. The van der Waals surface area contributed by atoms with Crippen LogP contribution in [0.4, 0.5) is 5.82 Å². The molecule has 0 amide bonds. The summed E-state index contributed by atoms with van der Waals surface area (Å²) >= 11 is 2.27. The summed E-state index contributed by atoms with van der Waals surface area (Å²) < 4.78 is 15.2. The number of aromatic nitrogens is 3. The van der Waals surface area contributed by atoms with E-state index in [9.17, 15) is 0 Å². The van der Waals surface area contributed by atoms with Crippen molar-refractivity contribution in [2.75, 3.05) is 32.0 Å². The number of piperidine rings is 1. The summed E-state index contributed by atoms with van der Waals surface area (Å²) in [7, 11) is 0. The highest BCUT2D eigenvalue weighted by Gasteiger charge is 2.31. The van der Waals surface area contributed by atoms with Crippen LogP contribution in [0, 0.1) is 9.49 Å². The number of anilines is 1. The zero-order valence-corrected chi connectivity index (χ0v) is 14.9. The fourth-order valence-corrected chi connectivity index (χ4v) is 4.22. The lowest BCUT2D eigenvalue weighted by Gasteiger charge is -2.36. The van der Waals surface area contributed by atoms with Crippen LogP contribution in [-0.4, -0.2) is 47.1 Å². The lowest BCUT2D eigenvalue weighted by atomic mass is 9.97. The van der Waals surface area contributed by atoms with E-state index < -0.39 is 0 Å². The predicted molar refractivity (Wildman–Crippen MR) is 95.0 cm³/mol. The normalized spacial score (nSPS) is 26.7. The summed E-state index contributed by atoms with van der Waals surface area (Å²) in [5.41, 5.74) is 6.83. The molecule has 0 aromatic carbocycles. The second-order valence-corrected chi connectivity index (χ2v) is 7.28. The molecule has 23 heavy (non-hydrogen) atoms. The molecule has 2 fully saturated rings. The molecule has 4 rings (SSSR count). The number of fused-ring (bicyclic) bond motifs is 1. The summed E-state index contributed by atoms with van der Waals surface area (Å²) in [4.78, 5) is 8.47. The molecule has 0 aliphatic carbocycles. The minimum absolute atomic E-state index is 0.0751. The molecule has 3 N–H and O–H groups in total. The van der Waals surface area contributed by atoms with Gasteiger partial charge in [-0.25, -0.2) is 9.97 Å². The first-order chi connectivity index (χ1) is 11.2. The van der Waals surface area contributed by atoms with Gasteiger partial charge in [-0.15, -0.1) is 0 Å². The monoisotopic (exact) mass is 429 g/mol. The molecule has 0 spiro atoms. The Morgan fingerprint density at radius 3 is 2.70 bits per heavy atom. The van der Waals surface area contributed by atoms with E-state index >= 15 is 0 Å². The highest BCUT2D eigenvalue weighted by molar-refractivity contribution is 14.1. The van der Waals surface area contributed by atoms with Gasteiger partial charge in [0.2, 0.25) is 0 Å². The fourth-order valence-electron chi connectivity index (χ4n) is 3.40. The fraction of sp³-hybridized carbons (Fsp3) is 0.600. The number of ether oxygens (including phenoxy) is 2. The van der Waals surface area contributed by atoms with Gasteiger partial charge in [0.25, 0.3) is 0 Å². The third-order valence-electron chi connectivity index (χ3n) is 4.66. The lowest BCUT2D eigenvalue weighted by molar-refractivity contribution is -0.223. The number of rotatable bonds is 2. The van der Waals surface area contributed by atoms with Crippen LogP contribution in [0.15, 0.2) is 12.5 Å². The SMILES string of the molecule is Nc1ncnc2c1c(I)cn2[C@H]1CO[C@@H](C2CCNCC2)OC1. The van der Waals surface area contributed by atoms with Crippen molar-refractivity contribution in [3.8, 4) is 0 Å². The summed E-state index contributed by atoms with van der Waals surface area (Å²) in [5, 5.41) is 4.29. The van der Waals surface area contributed by atoms with Gasteiger partial charge in [-0.05, 0) is 48.5 Å². The van der Waals surface area contributed by atoms with Crippen LogP contribution in [0.5, 0.6) is 0 Å². The van der Waals surface area contributed by atoms with E-state index in [1.165, 1.54) is 6.33 Å². The van der Waals surface area contributed by atoms with Crippen molar-refractivity contribution in [1.29, 1.82) is 0 Å². The summed E-state index contributed by atoms with van der Waals surface area (Å²) in [6.45, 7) is 3.37. The van der Waals surface area contributed by atoms with Crippen molar-refractivity contribution < 1.29 is 9.47 Å². The van der Waals surface area contributed by atoms with Crippen LogP contribution in [0.3, 0.4) is 0 Å². The number of nitrogen functional groups attached to an aromatic ring is 1. The zero-order valence-electron chi connectivity index (χ0n) is 12.7. The average molecular weight is 429 g/mol. The summed E-state index contributed by atoms with van der Waals surface area (Å²) in [6, 6.07) is 0.119. The number of halogens is 1. The Hall–Kier alpha value is -0.970. The van der Waals surface area contributed by atoms with Gasteiger partial charge in [0, 0.05) is 15.7 Å². The van der Waals surface area contributed by atoms with E-state index in [2.05, 4.69) is 48.6 Å². The molecule has 0 bridgehead atoms. The molecular weight excluding hydrogens is 409 g/mol. The zero-order chi connectivity index (χ0) is 15.8. The van der Waals surface area contributed by atoms with Crippen molar-refractivity contribution in [3.63, 3.8) is 0 Å². The van der Waals surface area contributed by atoms with Gasteiger partial charge in [-0.1, -0.05) is 0 Å². The van der Waals surface area contributed by atoms with E-state index in [1.807, 2.05) is 0 Å². The number of nitrogens with one attached hydrogen (secondary N) is 1. The van der Waals surface area contributed by atoms with E-state index in [1.54, 1.807) is 0 Å². The van der Waals surface area contributed by atoms with Gasteiger partial charge in [-0.2, -0.15) is 0 Å². The van der Waals surface area contributed by atoms with Crippen molar-refractivity contribution in [3.05, 3.63) is 16.1 Å². The largest absolute Gasteiger partial charge is 0.383 e. The topological polar surface area (TPSA) is 87.2 Å². The quantitative estimate of drug-likeness (QED) is 0.705. The second-order valence-electron chi connectivity index (χ2n) is 6.12. The highest BCUT2D eigenvalue weighted by atomic mass is 127. The molecule has 124 valence electrons. The smallest absolute Gasteiger partial charge is 0.160 e. The van der Waals surface area contributed by atoms with Gasteiger partial charge in [0.05, 0.1) is 24.6 Å². The molecule has 2 saturated heterocycles. The predicted octanol–water partition coefficient (Wildman–Crippen LogP) is 1.53. The third-order valence-corrected chi connectivity index (χ3v) is 5.48. The van der Waals surface area contributed by atoms with Crippen molar-refractivity contribution in [2.24, 2.45) is 5.92 Å². The molecule has 0 saturated carbocycles. The molecule has 0 unspecified atom stereocenters. The molecular formula is C15H20IN5O2. The van der Waals surface area contributed by atoms with Gasteiger partial charge >= 0.3 is 0 Å². The number of hydrogen-bond acceptors (Lipinski definition) is 6. The average Bonchev–Trinajstić information content (AvgIpc) is 2.94. The molecule has 7 nitrogen and oxygen atoms in total. The Kier molecular flexibility index (Phi) is 4.39. The highest BCUT2D eigenvalue weighted by Crippen LogP contribution is 2.31. The number of nitrogens with two attached hydrogens (primary N) is 1. The Labute approximate surface area is 148 Å². The van der Waals surface area contributed by atoms with Gasteiger partial charge in [0.1, 0.15) is 17.8 Å². The first-order valence-corrected chi connectivity index (χ1v) is 9.02. The summed E-state index contributed by atoms with van der Waals surface area (Å²) in [5.74, 6) is 1.01. The van der Waals surface area contributed by atoms with Crippen molar-refractivity contribution >= 4 is 39.4 Å². The Morgan fingerprint density at radius 2 is 1.96 bits per heavy atom. The maximum absolute atomic E-state index is 6.02. The number of nitrogens with zero attached hydrogens (tertiary/aromatic N) is 3. The lowest BCUT2D eigenvalue weighted by Crippen LogP contribution is -2.42. The molecule has 2 aliphatic heterocycles. The number of hydrogen-bond donors (Lipinski definition) is 2. The minimum atomic E-state index is -0.0751. The molecule has 2 aliphatic rings. The summed E-state index contributed by atoms with van der Waals surface area (Å²) in [6.07, 6.45) is 5.71. The first-order valence-electron chi connectivity index (χ1n) is 7.94. The Balaban J connectivity index is 1.51. The standard InChI is InChI=1S/C15H20IN5O2/c16-11-5-21(14-12(11)13(17)19-8-20-14)10-6-22-15(23-7-10)9-1-3-18-4-2-9/h5,8-10,15,18H,1-4,6-7H2,(H2,17,19,20)/t10-,15+. The van der Waals surface area contributed by atoms with Crippen LogP contribution in [-0.2, 0) is 9.47 Å². The van der Waals surface area contributed by atoms with Crippen LogP contribution >= 0.6 is 22.6 Å². The maximum Gasteiger partial charge on any atom is 0.160 e. The van der Waals surface area contributed by atoms with Crippen LogP contribution in [0.25, 0.3) is 11.0 Å². The van der Waals surface area contributed by atoms with Crippen LogP contribution in [0.1, 0.15) is 18.9 Å². The van der Waals surface area contributed by atoms with E-state index in [0.717, 1.165) is 40.5 Å².